The lowest BCUT2D eigenvalue weighted by atomic mass is 9.70. The van der Waals surface area contributed by atoms with Gasteiger partial charge < -0.3 is 5.11 Å². The number of hydrogen-bond donors (Lipinski definition) is 1. The topological polar surface area (TPSA) is 23.5 Å². The molecule has 0 radical (unpaired) electrons. The molecule has 1 aliphatic heterocycles. The van der Waals surface area contributed by atoms with Gasteiger partial charge >= 0.3 is 0 Å². The molecule has 0 unspecified atom stereocenters. The number of hydrogen-bond acceptors (Lipinski definition) is 2. The number of β-amino-alcohol motifs (C(OH)–C–C–N with tert-alkyl or cyclic N) is 1. The number of aliphatic hydroxyl groups is 1. The zero-order valence-electron chi connectivity index (χ0n) is 11.1. The Bertz CT molecular complexity index is 239. The maximum Gasteiger partial charge on any atom is 0.0667 e. The molecular formula is C14H27NO. The van der Waals surface area contributed by atoms with Crippen LogP contribution < -0.4 is 0 Å². The summed E-state index contributed by atoms with van der Waals surface area (Å²) in [5.74, 6) is 0.841. The van der Waals surface area contributed by atoms with Crippen LogP contribution in [0.4, 0.5) is 0 Å². The second-order valence-corrected chi connectivity index (χ2v) is 6.86. The van der Waals surface area contributed by atoms with Crippen molar-refractivity contribution in [2.45, 2.75) is 65.0 Å². The quantitative estimate of drug-likeness (QED) is 0.741. The van der Waals surface area contributed by atoms with Crippen molar-refractivity contribution in [3.05, 3.63) is 0 Å². The van der Waals surface area contributed by atoms with Crippen LogP contribution in [-0.2, 0) is 0 Å². The Morgan fingerprint density at radius 3 is 2.62 bits per heavy atom. The summed E-state index contributed by atoms with van der Waals surface area (Å²) in [5.41, 5.74) is 0.491. The third-order valence-electron chi connectivity index (χ3n) is 4.31. The van der Waals surface area contributed by atoms with Gasteiger partial charge in [-0.1, -0.05) is 20.8 Å². The minimum absolute atomic E-state index is 0.0749. The van der Waals surface area contributed by atoms with E-state index in [4.69, 9.17) is 0 Å². The largest absolute Gasteiger partial charge is 0.392 e. The lowest BCUT2D eigenvalue weighted by Gasteiger charge is -2.45. The summed E-state index contributed by atoms with van der Waals surface area (Å²) in [5, 5.41) is 9.76. The zero-order valence-corrected chi connectivity index (χ0v) is 11.1. The Labute approximate surface area is 100 Å². The summed E-state index contributed by atoms with van der Waals surface area (Å²) in [6.07, 6.45) is 6.10. The minimum atomic E-state index is -0.0749. The molecule has 94 valence electrons. The van der Waals surface area contributed by atoms with Gasteiger partial charge in [-0.2, -0.15) is 0 Å². The SMILES string of the molecule is C[C@@H]1C[C@H](N2CCC[C@H](O)C2)CC(C)(C)C1. The zero-order chi connectivity index (χ0) is 11.8. The Hall–Kier alpha value is -0.0800. The first-order valence-electron chi connectivity index (χ1n) is 6.88. The molecule has 1 saturated heterocycles. The van der Waals surface area contributed by atoms with Crippen molar-refractivity contribution in [3.63, 3.8) is 0 Å². The fourth-order valence-electron chi connectivity index (χ4n) is 3.89. The molecule has 0 aromatic carbocycles. The van der Waals surface area contributed by atoms with Gasteiger partial charge in [-0.15, -0.1) is 0 Å². The molecule has 2 heteroatoms. The van der Waals surface area contributed by atoms with Gasteiger partial charge in [0.1, 0.15) is 0 Å². The molecule has 1 N–H and O–H groups in total. The van der Waals surface area contributed by atoms with Gasteiger partial charge in [-0.3, -0.25) is 4.90 Å². The van der Waals surface area contributed by atoms with Crippen LogP contribution in [0.3, 0.4) is 0 Å². The van der Waals surface area contributed by atoms with Crippen LogP contribution in [0, 0.1) is 11.3 Å². The summed E-state index contributed by atoms with van der Waals surface area (Å²) in [7, 11) is 0. The van der Waals surface area contributed by atoms with Gasteiger partial charge in [0.25, 0.3) is 0 Å². The fraction of sp³-hybridized carbons (Fsp3) is 1.00. The molecule has 0 aromatic heterocycles. The molecule has 0 amide bonds. The molecule has 2 fully saturated rings. The second-order valence-electron chi connectivity index (χ2n) is 6.86. The van der Waals surface area contributed by atoms with E-state index in [1.54, 1.807) is 0 Å². The molecule has 2 nitrogen and oxygen atoms in total. The van der Waals surface area contributed by atoms with E-state index in [0.29, 0.717) is 11.5 Å². The molecular weight excluding hydrogens is 198 g/mol. The smallest absolute Gasteiger partial charge is 0.0667 e. The minimum Gasteiger partial charge on any atom is -0.392 e. The fourth-order valence-corrected chi connectivity index (χ4v) is 3.89. The Morgan fingerprint density at radius 2 is 2.00 bits per heavy atom. The van der Waals surface area contributed by atoms with Gasteiger partial charge in [0, 0.05) is 12.6 Å². The van der Waals surface area contributed by atoms with Crippen LogP contribution in [0.2, 0.25) is 0 Å². The van der Waals surface area contributed by atoms with Crippen molar-refractivity contribution in [2.24, 2.45) is 11.3 Å². The third kappa shape index (κ3) is 2.98. The predicted molar refractivity (Wildman–Crippen MR) is 67.4 cm³/mol. The van der Waals surface area contributed by atoms with Gasteiger partial charge in [-0.25, -0.2) is 0 Å². The Balaban J connectivity index is 1.97. The van der Waals surface area contributed by atoms with E-state index >= 15 is 0 Å². The van der Waals surface area contributed by atoms with E-state index in [9.17, 15) is 5.11 Å². The van der Waals surface area contributed by atoms with Gasteiger partial charge in [0.2, 0.25) is 0 Å². The van der Waals surface area contributed by atoms with E-state index < -0.39 is 0 Å². The van der Waals surface area contributed by atoms with E-state index in [-0.39, 0.29) is 6.10 Å². The molecule has 16 heavy (non-hydrogen) atoms. The van der Waals surface area contributed by atoms with Crippen LogP contribution in [0.5, 0.6) is 0 Å². The van der Waals surface area contributed by atoms with Crippen molar-refractivity contribution in [1.29, 1.82) is 0 Å². The molecule has 0 aromatic rings. The summed E-state index contributed by atoms with van der Waals surface area (Å²) >= 11 is 0. The highest BCUT2D eigenvalue weighted by Crippen LogP contribution is 2.40. The van der Waals surface area contributed by atoms with E-state index in [1.807, 2.05) is 0 Å². The van der Waals surface area contributed by atoms with Crippen molar-refractivity contribution < 1.29 is 5.11 Å². The summed E-state index contributed by atoms with van der Waals surface area (Å²) in [6.45, 7) is 9.29. The number of aliphatic hydroxyl groups excluding tert-OH is 1. The van der Waals surface area contributed by atoms with Crippen molar-refractivity contribution in [2.75, 3.05) is 13.1 Å². The molecule has 0 bridgehead atoms. The van der Waals surface area contributed by atoms with E-state index in [1.165, 1.54) is 32.2 Å². The van der Waals surface area contributed by atoms with Crippen molar-refractivity contribution >= 4 is 0 Å². The molecule has 2 aliphatic rings. The van der Waals surface area contributed by atoms with Crippen LogP contribution in [0.25, 0.3) is 0 Å². The van der Waals surface area contributed by atoms with Gasteiger partial charge in [0.15, 0.2) is 0 Å². The van der Waals surface area contributed by atoms with Gasteiger partial charge in [-0.05, 0) is 50.0 Å². The molecule has 1 heterocycles. The predicted octanol–water partition coefficient (Wildman–Crippen LogP) is 2.66. The standard InChI is InChI=1S/C14H27NO/c1-11-7-12(9-14(2,3)8-11)15-6-4-5-13(16)10-15/h11-13,16H,4-10H2,1-3H3/t11-,12+,13+/m1/s1. The first-order valence-corrected chi connectivity index (χ1v) is 6.88. The highest BCUT2D eigenvalue weighted by atomic mass is 16.3. The average Bonchev–Trinajstić information content (AvgIpc) is 2.14. The lowest BCUT2D eigenvalue weighted by molar-refractivity contribution is 0.00633. The Morgan fingerprint density at radius 1 is 1.25 bits per heavy atom. The first-order chi connectivity index (χ1) is 7.46. The molecule has 2 rings (SSSR count). The maximum atomic E-state index is 9.76. The van der Waals surface area contributed by atoms with Crippen LogP contribution in [0.1, 0.15) is 52.9 Å². The normalized spacial score (nSPS) is 40.9. The molecule has 1 saturated carbocycles. The molecule has 3 atom stereocenters. The Kier molecular flexibility index (Phi) is 3.60. The lowest BCUT2D eigenvalue weighted by Crippen LogP contribution is -2.48. The van der Waals surface area contributed by atoms with Crippen LogP contribution in [-0.4, -0.2) is 35.2 Å². The number of nitrogens with zero attached hydrogens (tertiary/aromatic N) is 1. The summed E-state index contributed by atoms with van der Waals surface area (Å²) < 4.78 is 0. The second kappa shape index (κ2) is 4.66. The summed E-state index contributed by atoms with van der Waals surface area (Å²) in [6, 6.07) is 0.716. The number of piperidine rings is 1. The highest BCUT2D eigenvalue weighted by molar-refractivity contribution is 4.89. The van der Waals surface area contributed by atoms with Crippen molar-refractivity contribution in [1.82, 2.24) is 4.90 Å². The van der Waals surface area contributed by atoms with Crippen LogP contribution >= 0.6 is 0 Å². The van der Waals surface area contributed by atoms with E-state index in [0.717, 1.165) is 18.9 Å². The number of rotatable bonds is 1. The van der Waals surface area contributed by atoms with Crippen molar-refractivity contribution in [3.8, 4) is 0 Å². The third-order valence-corrected chi connectivity index (χ3v) is 4.31. The summed E-state index contributed by atoms with van der Waals surface area (Å²) in [4.78, 5) is 2.55. The van der Waals surface area contributed by atoms with Gasteiger partial charge in [0.05, 0.1) is 6.10 Å². The highest BCUT2D eigenvalue weighted by Gasteiger charge is 2.36. The van der Waals surface area contributed by atoms with E-state index in [2.05, 4.69) is 25.7 Å². The maximum absolute atomic E-state index is 9.76. The molecule has 1 aliphatic carbocycles. The van der Waals surface area contributed by atoms with Crippen LogP contribution in [0.15, 0.2) is 0 Å². The first kappa shape index (κ1) is 12.4. The monoisotopic (exact) mass is 225 g/mol. The average molecular weight is 225 g/mol. The number of likely N-dealkylation sites (tertiary alicyclic amines) is 1. The molecule has 0 spiro atoms.